The van der Waals surface area contributed by atoms with Crippen LogP contribution in [0.5, 0.6) is 6.01 Å². The van der Waals surface area contributed by atoms with Gasteiger partial charge in [-0.05, 0) is 109 Å². The molecule has 1 aromatic heterocycles. The van der Waals surface area contributed by atoms with E-state index in [0.29, 0.717) is 38.9 Å². The molecule has 3 aromatic rings. The first-order valence-corrected chi connectivity index (χ1v) is 21.3. The van der Waals surface area contributed by atoms with Crippen LogP contribution in [0.4, 0.5) is 21.1 Å². The summed E-state index contributed by atoms with van der Waals surface area (Å²) >= 11 is 0. The maximum Gasteiger partial charge on any atom is 0.410 e. The quantitative estimate of drug-likeness (QED) is 0.240. The van der Waals surface area contributed by atoms with E-state index in [9.17, 15) is 9.59 Å². The summed E-state index contributed by atoms with van der Waals surface area (Å²) in [6, 6.07) is 14.0. The van der Waals surface area contributed by atoms with Crippen LogP contribution in [-0.2, 0) is 28.9 Å². The third-order valence-electron chi connectivity index (χ3n) is 13.4. The molecule has 7 heterocycles. The number of aromatic nitrogens is 2. The van der Waals surface area contributed by atoms with E-state index in [4.69, 9.17) is 24.2 Å². The molecule has 6 aliphatic heterocycles. The fraction of sp³-hybridized carbons (Fsp3) is 0.636. The van der Waals surface area contributed by atoms with Gasteiger partial charge < -0.3 is 28.9 Å². The fourth-order valence-electron chi connectivity index (χ4n) is 10.7. The number of amides is 2. The molecule has 0 radical (unpaired) electrons. The number of carbonyl (C=O) groups excluding carboxylic acids is 2. The zero-order valence-electron chi connectivity index (χ0n) is 33.8. The van der Waals surface area contributed by atoms with Crippen LogP contribution in [-0.4, -0.2) is 119 Å². The molecule has 0 saturated carbocycles. The summed E-state index contributed by atoms with van der Waals surface area (Å²) in [5, 5.41) is 2.59. The summed E-state index contributed by atoms with van der Waals surface area (Å²) in [6.07, 6.45) is 9.58. The van der Waals surface area contributed by atoms with E-state index in [1.807, 2.05) is 30.6 Å². The van der Waals surface area contributed by atoms with Crippen LogP contribution < -0.4 is 14.5 Å². The van der Waals surface area contributed by atoms with Crippen LogP contribution in [0, 0.1) is 0 Å². The minimum atomic E-state index is -0.536. The number of likely N-dealkylation sites (tertiary alicyclic amines) is 1. The summed E-state index contributed by atoms with van der Waals surface area (Å²) in [4.78, 5) is 47.8. The molecule has 5 saturated heterocycles. The minimum Gasteiger partial charge on any atom is -0.461 e. The number of nitrogens with zero attached hydrogens (tertiary/aromatic N) is 7. The standard InChI is InChI=1S/C44H59N7O5/c1-5-30-11-8-12-31-13-9-14-37(38(30)31)48-24-18-35-36(27-48)45-40(46-39(35)49-25-32-15-16-33(26-49)51(32)42(53)56-43(2,3)4)55-29-44-19-10-23-50(44)34(17-20-44)28-54-41(52)47-21-6-7-22-47/h8-9,11-14,32-34H,5-7,10,15-29H2,1-4H3/t32-,33+,34-,44-/m1/s1. The lowest BCUT2D eigenvalue weighted by molar-refractivity contribution is 0.0122. The van der Waals surface area contributed by atoms with Crippen molar-refractivity contribution in [1.82, 2.24) is 24.7 Å². The smallest absolute Gasteiger partial charge is 0.410 e. The maximum atomic E-state index is 13.4. The van der Waals surface area contributed by atoms with Crippen molar-refractivity contribution in [3.8, 4) is 6.01 Å². The predicted molar refractivity (Wildman–Crippen MR) is 217 cm³/mol. The first-order valence-electron chi connectivity index (χ1n) is 21.3. The van der Waals surface area contributed by atoms with Crippen LogP contribution >= 0.6 is 0 Å². The average molecular weight is 766 g/mol. The highest BCUT2D eigenvalue weighted by atomic mass is 16.6. The molecular weight excluding hydrogens is 707 g/mol. The van der Waals surface area contributed by atoms with Gasteiger partial charge in [-0.2, -0.15) is 9.97 Å². The van der Waals surface area contributed by atoms with Gasteiger partial charge in [0.2, 0.25) is 0 Å². The minimum absolute atomic E-state index is 0.0720. The summed E-state index contributed by atoms with van der Waals surface area (Å²) in [5.74, 6) is 0.955. The Morgan fingerprint density at radius 1 is 0.875 bits per heavy atom. The average Bonchev–Trinajstić information content (AvgIpc) is 3.99. The van der Waals surface area contributed by atoms with Crippen molar-refractivity contribution in [2.45, 2.75) is 128 Å². The Bertz CT molecular complexity index is 1940. The van der Waals surface area contributed by atoms with Crippen molar-refractivity contribution in [1.29, 1.82) is 0 Å². The van der Waals surface area contributed by atoms with Crippen molar-refractivity contribution < 1.29 is 23.8 Å². The Morgan fingerprint density at radius 3 is 2.39 bits per heavy atom. The molecular formula is C44H59N7O5. The van der Waals surface area contributed by atoms with Gasteiger partial charge in [0.15, 0.2) is 0 Å². The lowest BCUT2D eigenvalue weighted by Gasteiger charge is -2.43. The van der Waals surface area contributed by atoms with Crippen molar-refractivity contribution in [3.05, 3.63) is 53.2 Å². The summed E-state index contributed by atoms with van der Waals surface area (Å²) in [5.41, 5.74) is 4.16. The SMILES string of the molecule is CCc1cccc2cccc(N3CCc4c(nc(OC[C@]56CCCN5[C@@H](COC(=O)N5CCCC5)CC6)nc4N4C[C@H]5CC[C@@H](C4)N5C(=O)OC(C)(C)C)C3)c12. The number of hydrogen-bond acceptors (Lipinski definition) is 10. The highest BCUT2D eigenvalue weighted by Gasteiger charge is 2.51. The maximum absolute atomic E-state index is 13.4. The molecule has 0 unspecified atom stereocenters. The molecule has 0 aliphatic carbocycles. The Kier molecular flexibility index (Phi) is 9.90. The Balaban J connectivity index is 0.985. The number of anilines is 2. The third-order valence-corrected chi connectivity index (χ3v) is 13.4. The highest BCUT2D eigenvalue weighted by molar-refractivity contribution is 5.97. The Hall–Kier alpha value is -4.32. The number of ether oxygens (including phenoxy) is 3. The van der Waals surface area contributed by atoms with E-state index in [0.717, 1.165) is 102 Å². The van der Waals surface area contributed by atoms with Crippen LogP contribution in [0.25, 0.3) is 10.8 Å². The molecule has 2 bridgehead atoms. The van der Waals surface area contributed by atoms with Crippen molar-refractivity contribution in [2.75, 3.05) is 62.3 Å². The zero-order chi connectivity index (χ0) is 38.6. The van der Waals surface area contributed by atoms with Crippen molar-refractivity contribution >= 4 is 34.5 Å². The fourth-order valence-corrected chi connectivity index (χ4v) is 10.7. The molecule has 6 aliphatic rings. The number of fused-ring (bicyclic) bond motifs is 5. The second-order valence-corrected chi connectivity index (χ2v) is 18.0. The summed E-state index contributed by atoms with van der Waals surface area (Å²) in [6.45, 7) is 14.5. The van der Waals surface area contributed by atoms with Gasteiger partial charge in [-0.1, -0.05) is 37.3 Å². The summed E-state index contributed by atoms with van der Waals surface area (Å²) in [7, 11) is 0. The molecule has 0 spiro atoms. The number of benzene rings is 2. The van der Waals surface area contributed by atoms with E-state index < -0.39 is 5.60 Å². The van der Waals surface area contributed by atoms with E-state index in [-0.39, 0.29) is 35.9 Å². The molecule has 300 valence electrons. The van der Waals surface area contributed by atoms with Crippen molar-refractivity contribution in [2.24, 2.45) is 0 Å². The zero-order valence-corrected chi connectivity index (χ0v) is 33.8. The van der Waals surface area contributed by atoms with Crippen LogP contribution in [0.1, 0.15) is 95.9 Å². The third kappa shape index (κ3) is 7.00. The second-order valence-electron chi connectivity index (χ2n) is 18.0. The van der Waals surface area contributed by atoms with Crippen LogP contribution in [0.3, 0.4) is 0 Å². The highest BCUT2D eigenvalue weighted by Crippen LogP contribution is 2.44. The predicted octanol–water partition coefficient (Wildman–Crippen LogP) is 6.95. The van der Waals surface area contributed by atoms with E-state index in [1.54, 1.807) is 0 Å². The van der Waals surface area contributed by atoms with Gasteiger partial charge in [0.25, 0.3) is 0 Å². The van der Waals surface area contributed by atoms with Gasteiger partial charge in [0, 0.05) is 55.4 Å². The molecule has 9 rings (SSSR count). The second kappa shape index (κ2) is 14.9. The van der Waals surface area contributed by atoms with Crippen LogP contribution in [0.2, 0.25) is 0 Å². The normalized spacial score (nSPS) is 26.2. The van der Waals surface area contributed by atoms with E-state index in [2.05, 4.69) is 58.0 Å². The number of rotatable bonds is 8. The van der Waals surface area contributed by atoms with Gasteiger partial charge in [0.05, 0.1) is 29.9 Å². The number of hydrogen-bond donors (Lipinski definition) is 0. The van der Waals surface area contributed by atoms with Gasteiger partial charge in [-0.15, -0.1) is 0 Å². The Morgan fingerprint density at radius 2 is 1.64 bits per heavy atom. The lowest BCUT2D eigenvalue weighted by atomic mass is 9.95. The molecule has 4 atom stereocenters. The molecule has 12 nitrogen and oxygen atoms in total. The lowest BCUT2D eigenvalue weighted by Crippen LogP contribution is -2.57. The first-order chi connectivity index (χ1) is 27.1. The van der Waals surface area contributed by atoms with Crippen LogP contribution in [0.15, 0.2) is 36.4 Å². The molecule has 12 heteroatoms. The first kappa shape index (κ1) is 37.3. The van der Waals surface area contributed by atoms with E-state index >= 15 is 0 Å². The van der Waals surface area contributed by atoms with E-state index in [1.165, 1.54) is 27.6 Å². The molecule has 0 N–H and O–H groups in total. The molecule has 2 aromatic carbocycles. The summed E-state index contributed by atoms with van der Waals surface area (Å²) < 4.78 is 18.5. The largest absolute Gasteiger partial charge is 0.461 e. The van der Waals surface area contributed by atoms with Crippen molar-refractivity contribution in [3.63, 3.8) is 0 Å². The Labute approximate surface area is 331 Å². The van der Waals surface area contributed by atoms with Gasteiger partial charge in [-0.3, -0.25) is 9.80 Å². The number of piperazine rings is 1. The topological polar surface area (TPSA) is 104 Å². The van der Waals surface area contributed by atoms with Gasteiger partial charge >= 0.3 is 18.2 Å². The number of carbonyl (C=O) groups is 2. The number of aryl methyl sites for hydroxylation is 1. The molecule has 5 fully saturated rings. The van der Waals surface area contributed by atoms with Gasteiger partial charge in [0.1, 0.15) is 24.6 Å². The molecule has 2 amide bonds. The monoisotopic (exact) mass is 765 g/mol. The molecule has 56 heavy (non-hydrogen) atoms. The van der Waals surface area contributed by atoms with Gasteiger partial charge in [-0.25, -0.2) is 9.59 Å².